The van der Waals surface area contributed by atoms with Crippen LogP contribution in [0.25, 0.3) is 0 Å². The van der Waals surface area contributed by atoms with E-state index >= 15 is 0 Å². The summed E-state index contributed by atoms with van der Waals surface area (Å²) >= 11 is 0. The summed E-state index contributed by atoms with van der Waals surface area (Å²) in [4.78, 5) is 7.28. The predicted molar refractivity (Wildman–Crippen MR) is 71.3 cm³/mol. The maximum atomic E-state index is 12.6. The molecule has 2 N–H and O–H groups in total. The summed E-state index contributed by atoms with van der Waals surface area (Å²) in [6, 6.07) is 6.87. The first kappa shape index (κ1) is 13.8. The van der Waals surface area contributed by atoms with Crippen LogP contribution in [-0.2, 0) is 25.8 Å². The summed E-state index contributed by atoms with van der Waals surface area (Å²) in [6.45, 7) is 2.07. The van der Waals surface area contributed by atoms with E-state index in [4.69, 9.17) is 0 Å². The van der Waals surface area contributed by atoms with Crippen LogP contribution < -0.4 is 10.6 Å². The van der Waals surface area contributed by atoms with Gasteiger partial charge in [-0.3, -0.25) is 0 Å². The van der Waals surface area contributed by atoms with Crippen molar-refractivity contribution in [3.8, 4) is 0 Å². The Morgan fingerprint density at radius 2 is 1.95 bits per heavy atom. The molecule has 0 amide bonds. The number of alkyl halides is 3. The molecular weight excluding hydrogens is 281 g/mol. The third-order valence-electron chi connectivity index (χ3n) is 3.30. The highest BCUT2D eigenvalue weighted by Gasteiger charge is 2.32. The molecule has 2 heterocycles. The van der Waals surface area contributed by atoms with Crippen molar-refractivity contribution in [2.75, 3.05) is 5.32 Å². The van der Waals surface area contributed by atoms with Gasteiger partial charge in [-0.2, -0.15) is 13.2 Å². The number of rotatable bonds is 3. The van der Waals surface area contributed by atoms with Crippen molar-refractivity contribution < 1.29 is 13.2 Å². The molecule has 0 spiro atoms. The van der Waals surface area contributed by atoms with E-state index < -0.39 is 11.9 Å². The fourth-order valence-electron chi connectivity index (χ4n) is 2.24. The third kappa shape index (κ3) is 3.13. The Morgan fingerprint density at radius 3 is 2.76 bits per heavy atom. The number of hydrogen-bond acceptors (Lipinski definition) is 4. The van der Waals surface area contributed by atoms with E-state index in [1.807, 2.05) is 18.2 Å². The number of hydrogen-bond donors (Lipinski definition) is 2. The Bertz CT molecular complexity index is 655. The fourth-order valence-corrected chi connectivity index (χ4v) is 2.24. The van der Waals surface area contributed by atoms with E-state index in [9.17, 15) is 13.2 Å². The van der Waals surface area contributed by atoms with Gasteiger partial charge in [0.2, 0.25) is 5.95 Å². The number of nitrogens with one attached hydrogen (secondary N) is 2. The quantitative estimate of drug-likeness (QED) is 0.914. The third-order valence-corrected chi connectivity index (χ3v) is 3.30. The molecule has 1 aromatic carbocycles. The molecule has 7 heteroatoms. The minimum Gasteiger partial charge on any atom is -0.350 e. The second kappa shape index (κ2) is 5.33. The molecule has 21 heavy (non-hydrogen) atoms. The summed E-state index contributed by atoms with van der Waals surface area (Å²) in [5, 5.41) is 6.06. The number of nitrogens with zero attached hydrogens (tertiary/aromatic N) is 2. The van der Waals surface area contributed by atoms with E-state index in [-0.39, 0.29) is 5.95 Å². The molecule has 0 fully saturated rings. The summed E-state index contributed by atoms with van der Waals surface area (Å²) in [5.41, 5.74) is 2.52. The molecular formula is C14H13F3N4. The average molecular weight is 294 g/mol. The van der Waals surface area contributed by atoms with Gasteiger partial charge in [0.25, 0.3) is 0 Å². The Hall–Kier alpha value is -2.15. The van der Waals surface area contributed by atoms with E-state index in [2.05, 4.69) is 20.6 Å². The van der Waals surface area contributed by atoms with E-state index in [0.29, 0.717) is 6.54 Å². The summed E-state index contributed by atoms with van der Waals surface area (Å²) in [5.74, 6) is -0.0246. The zero-order valence-corrected chi connectivity index (χ0v) is 11.0. The van der Waals surface area contributed by atoms with Gasteiger partial charge in [0, 0.05) is 25.8 Å². The van der Waals surface area contributed by atoms with Crippen molar-refractivity contribution in [1.29, 1.82) is 0 Å². The predicted octanol–water partition coefficient (Wildman–Crippen LogP) is 2.71. The van der Waals surface area contributed by atoms with Gasteiger partial charge in [0.15, 0.2) is 0 Å². The summed E-state index contributed by atoms with van der Waals surface area (Å²) < 4.78 is 37.7. The standard InChI is InChI=1S/C14H13F3N4/c15-14(16,17)12-3-4-19-13(21-12)20-6-9-1-2-10-7-18-8-11(10)5-9/h1-5,18H,6-8H2,(H,19,20,21). The number of anilines is 1. The van der Waals surface area contributed by atoms with Gasteiger partial charge in [0.05, 0.1) is 0 Å². The lowest BCUT2D eigenvalue weighted by Crippen LogP contribution is -2.11. The maximum Gasteiger partial charge on any atom is 0.433 e. The zero-order chi connectivity index (χ0) is 14.9. The molecule has 1 aromatic heterocycles. The van der Waals surface area contributed by atoms with Crippen LogP contribution in [0.15, 0.2) is 30.5 Å². The van der Waals surface area contributed by atoms with Crippen molar-refractivity contribution in [2.45, 2.75) is 25.8 Å². The smallest absolute Gasteiger partial charge is 0.350 e. The zero-order valence-electron chi connectivity index (χ0n) is 11.0. The molecule has 0 bridgehead atoms. The number of benzene rings is 1. The topological polar surface area (TPSA) is 49.8 Å². The number of halogens is 3. The van der Waals surface area contributed by atoms with Gasteiger partial charge in [-0.15, -0.1) is 0 Å². The van der Waals surface area contributed by atoms with Gasteiger partial charge in [-0.1, -0.05) is 18.2 Å². The van der Waals surface area contributed by atoms with Crippen molar-refractivity contribution in [3.05, 3.63) is 52.8 Å². The molecule has 4 nitrogen and oxygen atoms in total. The van der Waals surface area contributed by atoms with Crippen LogP contribution in [0.4, 0.5) is 19.1 Å². The minimum atomic E-state index is -4.46. The lowest BCUT2D eigenvalue weighted by molar-refractivity contribution is -0.141. The maximum absolute atomic E-state index is 12.6. The van der Waals surface area contributed by atoms with E-state index in [1.54, 1.807) is 0 Å². The lowest BCUT2D eigenvalue weighted by atomic mass is 10.1. The second-order valence-electron chi connectivity index (χ2n) is 4.82. The van der Waals surface area contributed by atoms with E-state index in [1.165, 1.54) is 11.1 Å². The SMILES string of the molecule is FC(F)(F)c1ccnc(NCc2ccc3c(c2)CNC3)n1. The van der Waals surface area contributed by atoms with Crippen LogP contribution in [0, 0.1) is 0 Å². The van der Waals surface area contributed by atoms with Crippen molar-refractivity contribution >= 4 is 5.95 Å². The van der Waals surface area contributed by atoms with Gasteiger partial charge < -0.3 is 10.6 Å². The first-order valence-corrected chi connectivity index (χ1v) is 6.48. The van der Waals surface area contributed by atoms with Gasteiger partial charge in [-0.05, 0) is 22.8 Å². The van der Waals surface area contributed by atoms with Crippen LogP contribution in [0.1, 0.15) is 22.4 Å². The highest BCUT2D eigenvalue weighted by molar-refractivity contribution is 5.36. The van der Waals surface area contributed by atoms with Gasteiger partial charge in [0.1, 0.15) is 5.69 Å². The van der Waals surface area contributed by atoms with Crippen LogP contribution in [0.2, 0.25) is 0 Å². The Balaban J connectivity index is 1.70. The van der Waals surface area contributed by atoms with Crippen LogP contribution in [0.3, 0.4) is 0 Å². The molecule has 1 aliphatic heterocycles. The molecule has 1 aliphatic rings. The van der Waals surface area contributed by atoms with Gasteiger partial charge in [-0.25, -0.2) is 9.97 Å². The first-order chi connectivity index (χ1) is 10.0. The molecule has 0 saturated carbocycles. The Kier molecular flexibility index (Phi) is 3.50. The van der Waals surface area contributed by atoms with Crippen LogP contribution in [-0.4, -0.2) is 9.97 Å². The van der Waals surface area contributed by atoms with Crippen LogP contribution in [0.5, 0.6) is 0 Å². The first-order valence-electron chi connectivity index (χ1n) is 6.48. The number of aromatic nitrogens is 2. The Labute approximate surface area is 119 Å². The molecule has 0 unspecified atom stereocenters. The highest BCUT2D eigenvalue weighted by Crippen LogP contribution is 2.27. The van der Waals surface area contributed by atoms with Gasteiger partial charge >= 0.3 is 6.18 Å². The molecule has 0 aliphatic carbocycles. The van der Waals surface area contributed by atoms with Crippen molar-refractivity contribution in [3.63, 3.8) is 0 Å². The Morgan fingerprint density at radius 1 is 1.14 bits per heavy atom. The second-order valence-corrected chi connectivity index (χ2v) is 4.82. The summed E-state index contributed by atoms with van der Waals surface area (Å²) in [7, 11) is 0. The fraction of sp³-hybridized carbons (Fsp3) is 0.286. The normalized spacial score (nSPS) is 14.0. The minimum absolute atomic E-state index is 0.0246. The van der Waals surface area contributed by atoms with Crippen LogP contribution >= 0.6 is 0 Å². The molecule has 0 saturated heterocycles. The van der Waals surface area contributed by atoms with E-state index in [0.717, 1.165) is 30.9 Å². The summed E-state index contributed by atoms with van der Waals surface area (Å²) in [6.07, 6.45) is -3.36. The number of fused-ring (bicyclic) bond motifs is 1. The lowest BCUT2D eigenvalue weighted by Gasteiger charge is -2.09. The molecule has 0 radical (unpaired) electrons. The average Bonchev–Trinajstić information content (AvgIpc) is 2.92. The highest BCUT2D eigenvalue weighted by atomic mass is 19.4. The molecule has 110 valence electrons. The van der Waals surface area contributed by atoms with Crippen molar-refractivity contribution in [1.82, 2.24) is 15.3 Å². The largest absolute Gasteiger partial charge is 0.433 e. The molecule has 3 rings (SSSR count). The molecule has 2 aromatic rings. The van der Waals surface area contributed by atoms with Crippen molar-refractivity contribution in [2.24, 2.45) is 0 Å². The molecule has 0 atom stereocenters. The monoisotopic (exact) mass is 294 g/mol.